The molecule has 0 unspecified atom stereocenters. The molecule has 1 saturated carbocycles. The van der Waals surface area contributed by atoms with Crippen molar-refractivity contribution in [2.75, 3.05) is 0 Å². The summed E-state index contributed by atoms with van der Waals surface area (Å²) < 4.78 is 0. The summed E-state index contributed by atoms with van der Waals surface area (Å²) in [5.41, 5.74) is 1.61. The number of aromatic nitrogens is 2. The highest BCUT2D eigenvalue weighted by Gasteiger charge is 2.49. The number of carbonyl (C=O) groups is 1. The normalized spacial score (nSPS) is 25.3. The van der Waals surface area contributed by atoms with Crippen molar-refractivity contribution in [1.29, 1.82) is 0 Å². The maximum absolute atomic E-state index is 13.1. The zero-order chi connectivity index (χ0) is 19.1. The van der Waals surface area contributed by atoms with Crippen LogP contribution in [0.3, 0.4) is 0 Å². The third-order valence-corrected chi connectivity index (χ3v) is 6.02. The van der Waals surface area contributed by atoms with Gasteiger partial charge in [-0.05, 0) is 36.0 Å². The molecule has 5 heteroatoms. The Labute approximate surface area is 162 Å². The summed E-state index contributed by atoms with van der Waals surface area (Å²) in [6, 6.07) is 17.2. The van der Waals surface area contributed by atoms with E-state index >= 15 is 0 Å². The second kappa shape index (κ2) is 6.75. The Kier molecular flexibility index (Phi) is 4.08. The molecule has 28 heavy (non-hydrogen) atoms. The van der Waals surface area contributed by atoms with Crippen molar-refractivity contribution in [2.45, 2.75) is 18.9 Å². The quantitative estimate of drug-likeness (QED) is 0.692. The number of aromatic amines is 1. The minimum Gasteiger partial charge on any atom is -0.352 e. The van der Waals surface area contributed by atoms with Crippen molar-refractivity contribution in [3.05, 3.63) is 88.5 Å². The van der Waals surface area contributed by atoms with E-state index in [1.807, 2.05) is 48.5 Å². The van der Waals surface area contributed by atoms with E-state index in [-0.39, 0.29) is 35.1 Å². The summed E-state index contributed by atoms with van der Waals surface area (Å²) in [7, 11) is 0. The second-order valence-electron chi connectivity index (χ2n) is 7.67. The number of benzene rings is 2. The molecule has 4 atom stereocenters. The molecular weight excluding hydrogens is 350 g/mol. The van der Waals surface area contributed by atoms with Gasteiger partial charge in [0.2, 0.25) is 5.91 Å². The Morgan fingerprint density at radius 2 is 1.79 bits per heavy atom. The van der Waals surface area contributed by atoms with Crippen LogP contribution >= 0.6 is 0 Å². The highest BCUT2D eigenvalue weighted by Crippen LogP contribution is 2.52. The Morgan fingerprint density at radius 3 is 2.64 bits per heavy atom. The van der Waals surface area contributed by atoms with Crippen LogP contribution in [-0.2, 0) is 11.3 Å². The van der Waals surface area contributed by atoms with E-state index in [4.69, 9.17) is 4.98 Å². The van der Waals surface area contributed by atoms with Crippen LogP contribution in [-0.4, -0.2) is 15.9 Å². The van der Waals surface area contributed by atoms with E-state index in [2.05, 4.69) is 22.5 Å². The standard InChI is InChI=1S/C23H21N3O2/c27-22-17-8-4-5-9-18(17)25-21(26-22)19-15-10-11-16(12-15)20(19)23(28)24-13-14-6-2-1-3-7-14/h1-11,15-16,19-20H,12-13H2,(H,24,28)(H,25,26,27)/t15-,16+,19-,20+/m0/s1. The first-order chi connectivity index (χ1) is 13.7. The van der Waals surface area contributed by atoms with E-state index in [0.717, 1.165) is 12.0 Å². The van der Waals surface area contributed by atoms with E-state index in [1.165, 1.54) is 0 Å². The van der Waals surface area contributed by atoms with E-state index in [0.29, 0.717) is 23.3 Å². The average Bonchev–Trinajstić information content (AvgIpc) is 3.34. The fourth-order valence-electron chi connectivity index (χ4n) is 4.72. The van der Waals surface area contributed by atoms with E-state index < -0.39 is 0 Å². The predicted octanol–water partition coefficient (Wildman–Crippen LogP) is 3.15. The largest absolute Gasteiger partial charge is 0.352 e. The highest BCUT2D eigenvalue weighted by atomic mass is 16.2. The molecule has 5 rings (SSSR count). The van der Waals surface area contributed by atoms with Gasteiger partial charge in [-0.25, -0.2) is 4.98 Å². The lowest BCUT2D eigenvalue weighted by Crippen LogP contribution is -2.37. The van der Waals surface area contributed by atoms with Gasteiger partial charge in [0.15, 0.2) is 0 Å². The molecule has 2 aliphatic carbocycles. The van der Waals surface area contributed by atoms with Gasteiger partial charge in [0.1, 0.15) is 5.82 Å². The van der Waals surface area contributed by atoms with Gasteiger partial charge >= 0.3 is 0 Å². The predicted molar refractivity (Wildman–Crippen MR) is 108 cm³/mol. The van der Waals surface area contributed by atoms with Crippen molar-refractivity contribution < 1.29 is 4.79 Å². The molecule has 0 saturated heterocycles. The maximum atomic E-state index is 13.1. The molecule has 2 bridgehead atoms. The Balaban J connectivity index is 1.45. The van der Waals surface area contributed by atoms with Crippen molar-refractivity contribution >= 4 is 16.8 Å². The molecule has 2 N–H and O–H groups in total. The van der Waals surface area contributed by atoms with Crippen LogP contribution in [0.5, 0.6) is 0 Å². The first-order valence-electron chi connectivity index (χ1n) is 9.69. The molecule has 2 aromatic carbocycles. The van der Waals surface area contributed by atoms with Crippen LogP contribution < -0.4 is 10.9 Å². The number of hydrogen-bond donors (Lipinski definition) is 2. The molecule has 5 nitrogen and oxygen atoms in total. The number of nitrogens with one attached hydrogen (secondary N) is 2. The number of amides is 1. The molecule has 0 radical (unpaired) electrons. The van der Waals surface area contributed by atoms with Gasteiger partial charge < -0.3 is 10.3 Å². The zero-order valence-corrected chi connectivity index (χ0v) is 15.3. The van der Waals surface area contributed by atoms with Crippen molar-refractivity contribution in [2.24, 2.45) is 17.8 Å². The third kappa shape index (κ3) is 2.83. The molecule has 1 heterocycles. The number of hydrogen-bond acceptors (Lipinski definition) is 3. The van der Waals surface area contributed by atoms with Gasteiger partial charge in [-0.15, -0.1) is 0 Å². The minimum atomic E-state index is -0.206. The lowest BCUT2D eigenvalue weighted by atomic mass is 9.81. The number of para-hydroxylation sites is 1. The Morgan fingerprint density at radius 1 is 1.04 bits per heavy atom. The van der Waals surface area contributed by atoms with E-state index in [1.54, 1.807) is 6.07 Å². The van der Waals surface area contributed by atoms with Crippen LogP contribution in [0, 0.1) is 17.8 Å². The number of allylic oxidation sites excluding steroid dienone is 2. The van der Waals surface area contributed by atoms with Gasteiger partial charge in [-0.1, -0.05) is 54.6 Å². The summed E-state index contributed by atoms with van der Waals surface area (Å²) in [6.07, 6.45) is 5.25. The SMILES string of the molecule is O=C(NCc1ccccc1)[C@H]1[C@@H](c2nc3ccccc3c(=O)[nH]2)[C@H]2C=C[C@@H]1C2. The molecule has 140 valence electrons. The monoisotopic (exact) mass is 371 g/mol. The lowest BCUT2D eigenvalue weighted by Gasteiger charge is -2.26. The van der Waals surface area contributed by atoms with Crippen LogP contribution in [0.15, 0.2) is 71.5 Å². The number of fused-ring (bicyclic) bond motifs is 3. The number of nitrogens with zero attached hydrogens (tertiary/aromatic N) is 1. The molecule has 3 aromatic rings. The van der Waals surface area contributed by atoms with Gasteiger partial charge in [-0.3, -0.25) is 9.59 Å². The smallest absolute Gasteiger partial charge is 0.258 e. The number of rotatable bonds is 4. The second-order valence-corrected chi connectivity index (χ2v) is 7.67. The molecular formula is C23H21N3O2. The van der Waals surface area contributed by atoms with Gasteiger partial charge in [-0.2, -0.15) is 0 Å². The number of H-pyrrole nitrogens is 1. The lowest BCUT2D eigenvalue weighted by molar-refractivity contribution is -0.126. The van der Waals surface area contributed by atoms with Crippen LogP contribution in [0.1, 0.15) is 23.7 Å². The van der Waals surface area contributed by atoms with Gasteiger partial charge in [0.25, 0.3) is 5.56 Å². The summed E-state index contributed by atoms with van der Waals surface area (Å²) in [5, 5.41) is 3.66. The van der Waals surface area contributed by atoms with Crippen molar-refractivity contribution in [1.82, 2.24) is 15.3 Å². The summed E-state index contributed by atoms with van der Waals surface area (Å²) in [5.74, 6) is 0.789. The molecule has 1 aromatic heterocycles. The first kappa shape index (κ1) is 16.9. The van der Waals surface area contributed by atoms with Crippen LogP contribution in [0.2, 0.25) is 0 Å². The summed E-state index contributed by atoms with van der Waals surface area (Å²) >= 11 is 0. The molecule has 0 aliphatic heterocycles. The fourth-order valence-corrected chi connectivity index (χ4v) is 4.72. The minimum absolute atomic E-state index is 0.0292. The van der Waals surface area contributed by atoms with Crippen LogP contribution in [0.25, 0.3) is 10.9 Å². The van der Waals surface area contributed by atoms with Gasteiger partial charge in [0.05, 0.1) is 16.8 Å². The molecule has 0 spiro atoms. The Bertz CT molecular complexity index is 1120. The van der Waals surface area contributed by atoms with Gasteiger partial charge in [0, 0.05) is 12.5 Å². The van der Waals surface area contributed by atoms with E-state index in [9.17, 15) is 9.59 Å². The highest BCUT2D eigenvalue weighted by molar-refractivity contribution is 5.82. The maximum Gasteiger partial charge on any atom is 0.258 e. The molecule has 2 aliphatic rings. The summed E-state index contributed by atoms with van der Waals surface area (Å²) in [4.78, 5) is 33.3. The zero-order valence-electron chi connectivity index (χ0n) is 15.3. The first-order valence-corrected chi connectivity index (χ1v) is 9.69. The summed E-state index contributed by atoms with van der Waals surface area (Å²) in [6.45, 7) is 0.506. The number of carbonyl (C=O) groups excluding carboxylic acids is 1. The molecule has 1 amide bonds. The van der Waals surface area contributed by atoms with Crippen molar-refractivity contribution in [3.63, 3.8) is 0 Å². The fraction of sp³-hybridized carbons (Fsp3) is 0.261. The third-order valence-electron chi connectivity index (χ3n) is 6.02. The molecule has 1 fully saturated rings. The van der Waals surface area contributed by atoms with Crippen LogP contribution in [0.4, 0.5) is 0 Å². The topological polar surface area (TPSA) is 74.8 Å². The average molecular weight is 371 g/mol. The van der Waals surface area contributed by atoms with Crippen molar-refractivity contribution in [3.8, 4) is 0 Å². The Hall–Kier alpha value is -3.21.